The van der Waals surface area contributed by atoms with E-state index in [1.165, 1.54) is 11.8 Å². The smallest absolute Gasteiger partial charge is 0.327 e. The number of carboxylic acids is 1. The highest BCUT2D eigenvalue weighted by molar-refractivity contribution is 7.98. The van der Waals surface area contributed by atoms with Crippen LogP contribution in [0, 0.1) is 6.92 Å². The van der Waals surface area contributed by atoms with Gasteiger partial charge in [0, 0.05) is 29.3 Å². The van der Waals surface area contributed by atoms with E-state index in [-0.39, 0.29) is 5.75 Å². The van der Waals surface area contributed by atoms with Crippen LogP contribution >= 0.6 is 11.8 Å². The van der Waals surface area contributed by atoms with E-state index in [0.29, 0.717) is 12.2 Å². The number of methoxy groups -OCH3 is 1. The zero-order valence-electron chi connectivity index (χ0n) is 10.8. The number of nitrogens with one attached hydrogen (secondary N) is 1. The summed E-state index contributed by atoms with van der Waals surface area (Å²) in [5.41, 5.74) is 1.66. The molecule has 0 fully saturated rings. The number of aryl methyl sites for hydroxylation is 1. The average molecular weight is 284 g/mol. The molecule has 19 heavy (non-hydrogen) atoms. The monoisotopic (exact) mass is 284 g/mol. The molecule has 2 N–H and O–H groups in total. The van der Waals surface area contributed by atoms with E-state index in [1.807, 2.05) is 19.1 Å². The molecule has 1 aromatic heterocycles. The van der Waals surface area contributed by atoms with Crippen LogP contribution in [0.1, 0.15) is 11.4 Å². The van der Waals surface area contributed by atoms with E-state index < -0.39 is 12.0 Å². The zero-order chi connectivity index (χ0) is 14.3. The van der Waals surface area contributed by atoms with Gasteiger partial charge in [-0.2, -0.15) is 11.8 Å². The summed E-state index contributed by atoms with van der Waals surface area (Å²) in [6, 6.07) is 2.75. The van der Waals surface area contributed by atoms with Crippen molar-refractivity contribution >= 4 is 24.1 Å². The number of nitrogens with zero attached hydrogens (tertiary/aromatic N) is 1. The second-order valence-electron chi connectivity index (χ2n) is 3.83. The van der Waals surface area contributed by atoms with Gasteiger partial charge in [0.1, 0.15) is 11.8 Å². The topological polar surface area (TPSA) is 88.5 Å². The van der Waals surface area contributed by atoms with E-state index in [9.17, 15) is 9.59 Å². The van der Waals surface area contributed by atoms with Crippen LogP contribution in [0.3, 0.4) is 0 Å². The minimum absolute atomic E-state index is 0.284. The summed E-state index contributed by atoms with van der Waals surface area (Å²) >= 11 is 1.39. The van der Waals surface area contributed by atoms with Crippen molar-refractivity contribution in [1.82, 2.24) is 10.3 Å². The van der Waals surface area contributed by atoms with E-state index in [4.69, 9.17) is 9.84 Å². The van der Waals surface area contributed by atoms with Gasteiger partial charge in [-0.05, 0) is 6.92 Å². The molecular formula is C12H16N2O4S. The van der Waals surface area contributed by atoms with Crippen molar-refractivity contribution < 1.29 is 19.4 Å². The molecule has 1 amide bonds. The normalized spacial score (nSPS) is 11.7. The van der Waals surface area contributed by atoms with Gasteiger partial charge >= 0.3 is 5.97 Å². The Labute approximate surface area is 115 Å². The van der Waals surface area contributed by atoms with Crippen molar-refractivity contribution in [3.63, 3.8) is 0 Å². The largest absolute Gasteiger partial charge is 0.497 e. The number of rotatable bonds is 8. The molecular weight excluding hydrogens is 268 g/mol. The van der Waals surface area contributed by atoms with Crippen LogP contribution in [-0.2, 0) is 15.3 Å². The molecule has 6 nitrogen and oxygen atoms in total. The highest BCUT2D eigenvalue weighted by Gasteiger charge is 2.16. The standard InChI is InChI=1S/C12H16N2O4S/c1-8-3-10(18-2)4-9(14-8)5-19-6-11(12(16)17)13-7-15/h3-4,7,11H,5-6H2,1-2H3,(H,13,15)(H,16,17). The van der Waals surface area contributed by atoms with Crippen LogP contribution in [0.4, 0.5) is 0 Å². The third kappa shape index (κ3) is 5.17. The van der Waals surface area contributed by atoms with Crippen molar-refractivity contribution in [2.75, 3.05) is 12.9 Å². The highest BCUT2D eigenvalue weighted by Crippen LogP contribution is 2.18. The number of thioether (sulfide) groups is 1. The third-order valence-electron chi connectivity index (χ3n) is 2.32. The van der Waals surface area contributed by atoms with E-state index >= 15 is 0 Å². The fourth-order valence-corrected chi connectivity index (χ4v) is 2.40. The van der Waals surface area contributed by atoms with Gasteiger partial charge in [0.15, 0.2) is 0 Å². The maximum absolute atomic E-state index is 10.8. The SMILES string of the molecule is COc1cc(C)nc(CSCC(NC=O)C(=O)O)c1. The maximum Gasteiger partial charge on any atom is 0.327 e. The molecule has 0 aromatic carbocycles. The molecule has 0 radical (unpaired) electrons. The zero-order valence-corrected chi connectivity index (χ0v) is 11.6. The number of hydrogen-bond donors (Lipinski definition) is 2. The van der Waals surface area contributed by atoms with Gasteiger partial charge in [0.25, 0.3) is 0 Å². The molecule has 1 atom stereocenters. The maximum atomic E-state index is 10.8. The molecule has 0 bridgehead atoms. The Morgan fingerprint density at radius 2 is 2.37 bits per heavy atom. The number of carbonyl (C=O) groups excluding carboxylic acids is 1. The molecule has 1 aromatic rings. The van der Waals surface area contributed by atoms with Crippen LogP contribution in [0.15, 0.2) is 12.1 Å². The average Bonchev–Trinajstić information content (AvgIpc) is 2.36. The van der Waals surface area contributed by atoms with Crippen LogP contribution in [0.5, 0.6) is 5.75 Å². The minimum atomic E-state index is -1.05. The van der Waals surface area contributed by atoms with Crippen molar-refractivity contribution in [3.8, 4) is 5.75 Å². The molecule has 0 spiro atoms. The lowest BCUT2D eigenvalue weighted by Gasteiger charge is -2.11. The Bertz CT molecular complexity index is 453. The Morgan fingerprint density at radius 1 is 1.63 bits per heavy atom. The lowest BCUT2D eigenvalue weighted by atomic mass is 10.3. The van der Waals surface area contributed by atoms with Gasteiger partial charge in [0.2, 0.25) is 6.41 Å². The summed E-state index contributed by atoms with van der Waals surface area (Å²) in [6.07, 6.45) is 0.396. The summed E-state index contributed by atoms with van der Waals surface area (Å²) in [5.74, 6) is 0.521. The van der Waals surface area contributed by atoms with Crippen molar-refractivity contribution in [1.29, 1.82) is 0 Å². The second kappa shape index (κ2) is 7.63. The van der Waals surface area contributed by atoms with E-state index in [2.05, 4.69) is 10.3 Å². The van der Waals surface area contributed by atoms with Crippen LogP contribution < -0.4 is 10.1 Å². The van der Waals surface area contributed by atoms with Crippen molar-refractivity contribution in [3.05, 3.63) is 23.5 Å². The van der Waals surface area contributed by atoms with Gasteiger partial charge in [-0.3, -0.25) is 9.78 Å². The quantitative estimate of drug-likeness (QED) is 0.687. The molecule has 0 saturated carbocycles. The van der Waals surface area contributed by atoms with Crippen LogP contribution in [-0.4, -0.2) is 41.4 Å². The Hall–Kier alpha value is -1.76. The molecule has 104 valence electrons. The molecule has 1 heterocycles. The second-order valence-corrected chi connectivity index (χ2v) is 4.86. The summed E-state index contributed by atoms with van der Waals surface area (Å²) in [7, 11) is 1.58. The molecule has 1 unspecified atom stereocenters. The summed E-state index contributed by atoms with van der Waals surface area (Å²) in [4.78, 5) is 25.4. The molecule has 0 aliphatic carbocycles. The first-order chi connectivity index (χ1) is 9.06. The minimum Gasteiger partial charge on any atom is -0.497 e. The number of amides is 1. The first-order valence-corrected chi connectivity index (χ1v) is 6.74. The Balaban J connectivity index is 2.54. The van der Waals surface area contributed by atoms with E-state index in [0.717, 1.165) is 17.1 Å². The van der Waals surface area contributed by atoms with Gasteiger partial charge in [-0.15, -0.1) is 0 Å². The fraction of sp³-hybridized carbons (Fsp3) is 0.417. The van der Waals surface area contributed by atoms with Gasteiger partial charge in [-0.1, -0.05) is 0 Å². The summed E-state index contributed by atoms with van der Waals surface area (Å²) in [5, 5.41) is 11.1. The number of aliphatic carboxylic acids is 1. The molecule has 0 aliphatic rings. The number of hydrogen-bond acceptors (Lipinski definition) is 5. The van der Waals surface area contributed by atoms with Crippen LogP contribution in [0.25, 0.3) is 0 Å². The van der Waals surface area contributed by atoms with Crippen molar-refractivity contribution in [2.24, 2.45) is 0 Å². The molecule has 0 aliphatic heterocycles. The van der Waals surface area contributed by atoms with E-state index in [1.54, 1.807) is 7.11 Å². The first-order valence-electron chi connectivity index (χ1n) is 5.58. The van der Waals surface area contributed by atoms with Gasteiger partial charge in [-0.25, -0.2) is 4.79 Å². The van der Waals surface area contributed by atoms with Gasteiger partial charge < -0.3 is 15.2 Å². The fourth-order valence-electron chi connectivity index (χ4n) is 1.45. The predicted molar refractivity (Wildman–Crippen MR) is 72.3 cm³/mol. The number of carboxylic acid groups (broad SMARTS) is 1. The lowest BCUT2D eigenvalue weighted by molar-refractivity contribution is -0.139. The number of carbonyl (C=O) groups is 2. The highest BCUT2D eigenvalue weighted by atomic mass is 32.2. The molecule has 1 rings (SSSR count). The summed E-state index contributed by atoms with van der Waals surface area (Å²) in [6.45, 7) is 1.87. The Kier molecular flexibility index (Phi) is 6.14. The predicted octanol–water partition coefficient (Wildman–Crippen LogP) is 0.831. The van der Waals surface area contributed by atoms with Gasteiger partial charge in [0.05, 0.1) is 12.8 Å². The van der Waals surface area contributed by atoms with Crippen LogP contribution in [0.2, 0.25) is 0 Å². The number of ether oxygens (including phenoxy) is 1. The number of aromatic nitrogens is 1. The third-order valence-corrected chi connectivity index (χ3v) is 3.39. The Morgan fingerprint density at radius 3 is 2.95 bits per heavy atom. The molecule has 7 heteroatoms. The summed E-state index contributed by atoms with van der Waals surface area (Å²) < 4.78 is 5.14. The number of pyridine rings is 1. The lowest BCUT2D eigenvalue weighted by Crippen LogP contribution is -2.37. The molecule has 0 saturated heterocycles. The first kappa shape index (κ1) is 15.3. The van der Waals surface area contributed by atoms with Crippen molar-refractivity contribution in [2.45, 2.75) is 18.7 Å².